The van der Waals surface area contributed by atoms with Crippen LogP contribution in [0.15, 0.2) is 0 Å². The Labute approximate surface area is 109 Å². The minimum atomic E-state index is 0.697. The fraction of sp³-hybridized carbons (Fsp3) is 0.769. The fourth-order valence-corrected chi connectivity index (χ4v) is 2.36. The summed E-state index contributed by atoms with van der Waals surface area (Å²) in [5.74, 6) is 1.68. The van der Waals surface area contributed by atoms with E-state index in [2.05, 4.69) is 17.3 Å². The van der Waals surface area contributed by atoms with Crippen LogP contribution in [0, 0.1) is 12.8 Å². The fourth-order valence-electron chi connectivity index (χ4n) is 2.36. The maximum absolute atomic E-state index is 6.06. The second-order valence-electron chi connectivity index (χ2n) is 5.02. The third-order valence-corrected chi connectivity index (χ3v) is 3.48. The minimum Gasteiger partial charge on any atom is -0.394 e. The number of nitrogens with two attached hydrogens (primary N) is 1. The van der Waals surface area contributed by atoms with Gasteiger partial charge in [-0.2, -0.15) is 5.10 Å². The molecule has 1 unspecified atom stereocenters. The van der Waals surface area contributed by atoms with Gasteiger partial charge in [-0.3, -0.25) is 0 Å². The highest BCUT2D eigenvalue weighted by atomic mass is 16.5. The van der Waals surface area contributed by atoms with Gasteiger partial charge >= 0.3 is 0 Å². The van der Waals surface area contributed by atoms with Gasteiger partial charge in [-0.15, -0.1) is 0 Å². The monoisotopic (exact) mass is 252 g/mol. The summed E-state index contributed by atoms with van der Waals surface area (Å²) < 4.78 is 7.36. The molecule has 0 amide bonds. The summed E-state index contributed by atoms with van der Waals surface area (Å²) in [5.41, 5.74) is 7.75. The Balaban J connectivity index is 1.90. The zero-order valence-electron chi connectivity index (χ0n) is 11.4. The van der Waals surface area contributed by atoms with Crippen molar-refractivity contribution in [1.29, 1.82) is 0 Å². The highest BCUT2D eigenvalue weighted by Crippen LogP contribution is 2.23. The van der Waals surface area contributed by atoms with Crippen molar-refractivity contribution in [2.75, 3.05) is 30.8 Å². The molecule has 5 heteroatoms. The van der Waals surface area contributed by atoms with E-state index in [1.165, 1.54) is 6.42 Å². The van der Waals surface area contributed by atoms with E-state index in [1.54, 1.807) is 0 Å². The summed E-state index contributed by atoms with van der Waals surface area (Å²) in [6.45, 7) is 7.77. The van der Waals surface area contributed by atoms with Crippen molar-refractivity contribution in [3.8, 4) is 0 Å². The minimum absolute atomic E-state index is 0.697. The van der Waals surface area contributed by atoms with Gasteiger partial charge in [-0.1, -0.05) is 6.92 Å². The summed E-state index contributed by atoms with van der Waals surface area (Å²) in [5, 5.41) is 7.89. The van der Waals surface area contributed by atoms with Gasteiger partial charge in [0.2, 0.25) is 0 Å². The molecule has 3 N–H and O–H groups in total. The molecule has 0 aromatic carbocycles. The average Bonchev–Trinajstić information content (AvgIpc) is 2.94. The molecular weight excluding hydrogens is 228 g/mol. The molecule has 0 bridgehead atoms. The number of hydrogen-bond acceptors (Lipinski definition) is 4. The van der Waals surface area contributed by atoms with E-state index in [4.69, 9.17) is 10.5 Å². The summed E-state index contributed by atoms with van der Waals surface area (Å²) >= 11 is 0. The lowest BCUT2D eigenvalue weighted by molar-refractivity contribution is 0.185. The molecule has 1 fully saturated rings. The highest BCUT2D eigenvalue weighted by Gasteiger charge is 2.16. The van der Waals surface area contributed by atoms with Crippen molar-refractivity contribution in [3.05, 3.63) is 5.69 Å². The second-order valence-corrected chi connectivity index (χ2v) is 5.02. The van der Waals surface area contributed by atoms with Crippen molar-refractivity contribution in [2.45, 2.75) is 39.7 Å². The third kappa shape index (κ3) is 2.96. The molecule has 1 aliphatic rings. The van der Waals surface area contributed by atoms with Crippen LogP contribution in [0.5, 0.6) is 0 Å². The molecular formula is C13H24N4O. The predicted molar refractivity (Wildman–Crippen MR) is 73.7 cm³/mol. The van der Waals surface area contributed by atoms with E-state index in [-0.39, 0.29) is 0 Å². The Morgan fingerprint density at radius 3 is 3.06 bits per heavy atom. The summed E-state index contributed by atoms with van der Waals surface area (Å²) in [7, 11) is 0. The maximum atomic E-state index is 6.06. The zero-order chi connectivity index (χ0) is 13.0. The second kappa shape index (κ2) is 6.09. The van der Waals surface area contributed by atoms with Crippen LogP contribution in [0.4, 0.5) is 11.5 Å². The standard InChI is InChI=1S/C13H24N4O/c1-3-7-17-13(12(14)10(2)16-17)15-6-4-11-5-8-18-9-11/h11,15H,3-9,14H2,1-2H3. The van der Waals surface area contributed by atoms with E-state index in [0.29, 0.717) is 5.92 Å². The Morgan fingerprint density at radius 2 is 2.39 bits per heavy atom. The van der Waals surface area contributed by atoms with Crippen molar-refractivity contribution in [2.24, 2.45) is 5.92 Å². The topological polar surface area (TPSA) is 65.1 Å². The van der Waals surface area contributed by atoms with Gasteiger partial charge in [0, 0.05) is 26.3 Å². The van der Waals surface area contributed by atoms with Gasteiger partial charge in [0.15, 0.2) is 0 Å². The van der Waals surface area contributed by atoms with Gasteiger partial charge in [0.05, 0.1) is 11.4 Å². The first-order chi connectivity index (χ1) is 8.72. The molecule has 0 saturated carbocycles. The lowest BCUT2D eigenvalue weighted by Gasteiger charge is -2.12. The van der Waals surface area contributed by atoms with Gasteiger partial charge in [-0.05, 0) is 32.1 Å². The Morgan fingerprint density at radius 1 is 1.56 bits per heavy atom. The van der Waals surface area contributed by atoms with Crippen LogP contribution in [0.1, 0.15) is 31.9 Å². The summed E-state index contributed by atoms with van der Waals surface area (Å²) in [4.78, 5) is 0. The van der Waals surface area contributed by atoms with E-state index in [0.717, 1.165) is 56.3 Å². The molecule has 2 heterocycles. The Kier molecular flexibility index (Phi) is 4.47. The van der Waals surface area contributed by atoms with Crippen LogP contribution >= 0.6 is 0 Å². The number of aromatic nitrogens is 2. The number of nitrogens with one attached hydrogen (secondary N) is 1. The largest absolute Gasteiger partial charge is 0.394 e. The number of aryl methyl sites for hydroxylation is 2. The average molecular weight is 252 g/mol. The van der Waals surface area contributed by atoms with Crippen molar-refractivity contribution in [1.82, 2.24) is 9.78 Å². The van der Waals surface area contributed by atoms with Gasteiger partial charge in [0.1, 0.15) is 5.82 Å². The van der Waals surface area contributed by atoms with Crippen molar-refractivity contribution < 1.29 is 4.74 Å². The number of hydrogen-bond donors (Lipinski definition) is 2. The lowest BCUT2D eigenvalue weighted by Crippen LogP contribution is -2.13. The van der Waals surface area contributed by atoms with E-state index >= 15 is 0 Å². The summed E-state index contributed by atoms with van der Waals surface area (Å²) in [6, 6.07) is 0. The molecule has 0 aliphatic carbocycles. The molecule has 1 aromatic rings. The van der Waals surface area contributed by atoms with E-state index in [9.17, 15) is 0 Å². The molecule has 102 valence electrons. The SMILES string of the molecule is CCCn1nc(C)c(N)c1NCCC1CCOC1. The van der Waals surface area contributed by atoms with Gasteiger partial charge < -0.3 is 15.8 Å². The number of rotatable bonds is 6. The normalized spacial score (nSPS) is 19.3. The zero-order valence-corrected chi connectivity index (χ0v) is 11.4. The predicted octanol–water partition coefficient (Wildman–Crippen LogP) is 2.02. The van der Waals surface area contributed by atoms with Crippen LogP contribution in [0.3, 0.4) is 0 Å². The Hall–Kier alpha value is -1.23. The van der Waals surface area contributed by atoms with E-state index in [1.807, 2.05) is 11.6 Å². The molecule has 0 radical (unpaired) electrons. The smallest absolute Gasteiger partial charge is 0.148 e. The first-order valence-electron chi connectivity index (χ1n) is 6.86. The highest BCUT2D eigenvalue weighted by molar-refractivity contribution is 5.64. The first kappa shape index (κ1) is 13.2. The van der Waals surface area contributed by atoms with Crippen LogP contribution < -0.4 is 11.1 Å². The van der Waals surface area contributed by atoms with Crippen LogP contribution in [-0.4, -0.2) is 29.5 Å². The molecule has 18 heavy (non-hydrogen) atoms. The number of nitrogens with zero attached hydrogens (tertiary/aromatic N) is 2. The van der Waals surface area contributed by atoms with Crippen LogP contribution in [0.2, 0.25) is 0 Å². The summed E-state index contributed by atoms with van der Waals surface area (Å²) in [6.07, 6.45) is 3.38. The van der Waals surface area contributed by atoms with E-state index < -0.39 is 0 Å². The van der Waals surface area contributed by atoms with Crippen LogP contribution in [-0.2, 0) is 11.3 Å². The first-order valence-corrected chi connectivity index (χ1v) is 6.86. The molecule has 1 aliphatic heterocycles. The molecule has 1 atom stereocenters. The van der Waals surface area contributed by atoms with Crippen LogP contribution in [0.25, 0.3) is 0 Å². The molecule has 1 saturated heterocycles. The number of nitrogen functional groups attached to an aromatic ring is 1. The number of ether oxygens (including phenoxy) is 1. The molecule has 1 aromatic heterocycles. The lowest BCUT2D eigenvalue weighted by atomic mass is 10.1. The Bertz CT molecular complexity index is 383. The van der Waals surface area contributed by atoms with Gasteiger partial charge in [-0.25, -0.2) is 4.68 Å². The number of anilines is 2. The van der Waals surface area contributed by atoms with Crippen molar-refractivity contribution >= 4 is 11.5 Å². The quantitative estimate of drug-likeness (QED) is 0.813. The molecule has 2 rings (SSSR count). The third-order valence-electron chi connectivity index (χ3n) is 3.48. The van der Waals surface area contributed by atoms with Crippen molar-refractivity contribution in [3.63, 3.8) is 0 Å². The van der Waals surface area contributed by atoms with Gasteiger partial charge in [0.25, 0.3) is 0 Å². The molecule has 5 nitrogen and oxygen atoms in total. The maximum Gasteiger partial charge on any atom is 0.148 e. The molecule has 0 spiro atoms.